The van der Waals surface area contributed by atoms with E-state index in [2.05, 4.69) is 10.3 Å². The number of oxazole rings is 1. The van der Waals surface area contributed by atoms with E-state index in [4.69, 9.17) is 4.42 Å². The van der Waals surface area contributed by atoms with Crippen LogP contribution in [-0.4, -0.2) is 15.9 Å². The summed E-state index contributed by atoms with van der Waals surface area (Å²) in [5.74, 6) is 1.10. The van der Waals surface area contributed by atoms with Crippen LogP contribution in [0.3, 0.4) is 0 Å². The van der Waals surface area contributed by atoms with Gasteiger partial charge in [-0.15, -0.1) is 0 Å². The second-order valence-electron chi connectivity index (χ2n) is 4.91. The number of nitro benzene ring substituents is 1. The lowest BCUT2D eigenvalue weighted by atomic mass is 10.1. The van der Waals surface area contributed by atoms with Crippen molar-refractivity contribution in [3.05, 3.63) is 46.0 Å². The molecule has 20 heavy (non-hydrogen) atoms. The summed E-state index contributed by atoms with van der Waals surface area (Å²) in [6.45, 7) is 6.31. The van der Waals surface area contributed by atoms with Crippen LogP contribution < -0.4 is 5.32 Å². The van der Waals surface area contributed by atoms with E-state index in [1.54, 1.807) is 25.3 Å². The van der Waals surface area contributed by atoms with Crippen molar-refractivity contribution in [1.29, 1.82) is 0 Å². The van der Waals surface area contributed by atoms with Crippen molar-refractivity contribution in [1.82, 2.24) is 10.3 Å². The standard InChI is InChI=1S/C14H17N3O3/c1-9(2)15-8-14-16-7-13(20-14)11-5-4-10(3)12(6-11)17(18)19/h4-7,9,15H,8H2,1-3H3. The maximum absolute atomic E-state index is 10.9. The molecule has 0 amide bonds. The average Bonchev–Trinajstić information content (AvgIpc) is 2.85. The first-order valence-electron chi connectivity index (χ1n) is 6.41. The Bertz CT molecular complexity index is 620. The van der Waals surface area contributed by atoms with Gasteiger partial charge in [-0.2, -0.15) is 0 Å². The molecule has 0 radical (unpaired) electrons. The average molecular weight is 275 g/mol. The van der Waals surface area contributed by atoms with Gasteiger partial charge in [0.25, 0.3) is 5.69 Å². The molecule has 0 aliphatic carbocycles. The Morgan fingerprint density at radius 1 is 1.45 bits per heavy atom. The van der Waals surface area contributed by atoms with Crippen LogP contribution in [0, 0.1) is 17.0 Å². The molecule has 1 aromatic heterocycles. The Balaban J connectivity index is 2.24. The second kappa shape index (κ2) is 5.83. The summed E-state index contributed by atoms with van der Waals surface area (Å²) in [4.78, 5) is 14.7. The van der Waals surface area contributed by atoms with Crippen molar-refractivity contribution in [2.45, 2.75) is 33.4 Å². The molecule has 1 aromatic carbocycles. The van der Waals surface area contributed by atoms with Gasteiger partial charge in [0.2, 0.25) is 5.89 Å². The first-order chi connectivity index (χ1) is 9.47. The van der Waals surface area contributed by atoms with E-state index in [-0.39, 0.29) is 5.69 Å². The summed E-state index contributed by atoms with van der Waals surface area (Å²) in [6.07, 6.45) is 1.59. The highest BCUT2D eigenvalue weighted by Gasteiger charge is 2.14. The van der Waals surface area contributed by atoms with Crippen LogP contribution in [0.4, 0.5) is 5.69 Å². The summed E-state index contributed by atoms with van der Waals surface area (Å²) in [5, 5.41) is 14.1. The fourth-order valence-electron chi connectivity index (χ4n) is 1.78. The van der Waals surface area contributed by atoms with Crippen LogP contribution in [0.2, 0.25) is 0 Å². The summed E-state index contributed by atoms with van der Waals surface area (Å²) in [5.41, 5.74) is 1.37. The van der Waals surface area contributed by atoms with Gasteiger partial charge >= 0.3 is 0 Å². The fourth-order valence-corrected chi connectivity index (χ4v) is 1.78. The van der Waals surface area contributed by atoms with Gasteiger partial charge in [-0.3, -0.25) is 10.1 Å². The van der Waals surface area contributed by atoms with Gasteiger partial charge in [-0.05, 0) is 6.92 Å². The predicted octanol–water partition coefficient (Wildman–Crippen LogP) is 3.06. The number of aryl methyl sites for hydroxylation is 1. The lowest BCUT2D eigenvalue weighted by molar-refractivity contribution is -0.385. The molecular formula is C14H17N3O3. The van der Waals surface area contributed by atoms with Gasteiger partial charge in [0.1, 0.15) is 0 Å². The van der Waals surface area contributed by atoms with Crippen LogP contribution in [0.1, 0.15) is 25.3 Å². The number of hydrogen-bond donors (Lipinski definition) is 1. The monoisotopic (exact) mass is 275 g/mol. The maximum Gasteiger partial charge on any atom is 0.273 e. The van der Waals surface area contributed by atoms with Crippen molar-refractivity contribution < 1.29 is 9.34 Å². The minimum atomic E-state index is -0.392. The van der Waals surface area contributed by atoms with E-state index in [0.29, 0.717) is 35.4 Å². The highest BCUT2D eigenvalue weighted by molar-refractivity contribution is 5.62. The number of rotatable bonds is 5. The third-order valence-corrected chi connectivity index (χ3v) is 2.91. The Labute approximate surface area is 117 Å². The van der Waals surface area contributed by atoms with Crippen LogP contribution in [0.15, 0.2) is 28.8 Å². The van der Waals surface area contributed by atoms with Crippen LogP contribution in [0.5, 0.6) is 0 Å². The molecule has 2 aromatic rings. The first-order valence-corrected chi connectivity index (χ1v) is 6.41. The van der Waals surface area contributed by atoms with E-state index in [9.17, 15) is 10.1 Å². The van der Waals surface area contributed by atoms with Gasteiger partial charge in [0, 0.05) is 23.2 Å². The van der Waals surface area contributed by atoms with Crippen molar-refractivity contribution in [3.63, 3.8) is 0 Å². The van der Waals surface area contributed by atoms with Gasteiger partial charge in [-0.25, -0.2) is 4.98 Å². The lowest BCUT2D eigenvalue weighted by Gasteiger charge is -2.04. The normalized spacial score (nSPS) is 11.0. The molecule has 0 aliphatic heterocycles. The predicted molar refractivity (Wildman–Crippen MR) is 75.3 cm³/mol. The number of nitrogens with one attached hydrogen (secondary N) is 1. The van der Waals surface area contributed by atoms with Crippen molar-refractivity contribution in [2.75, 3.05) is 0 Å². The molecule has 6 heteroatoms. The van der Waals surface area contributed by atoms with Crippen molar-refractivity contribution in [3.8, 4) is 11.3 Å². The zero-order valence-electron chi connectivity index (χ0n) is 11.7. The molecule has 0 bridgehead atoms. The minimum absolute atomic E-state index is 0.0840. The SMILES string of the molecule is Cc1ccc(-c2cnc(CNC(C)C)o2)cc1[N+](=O)[O-]. The van der Waals surface area contributed by atoms with E-state index in [1.807, 2.05) is 13.8 Å². The molecule has 106 valence electrons. The zero-order chi connectivity index (χ0) is 14.7. The molecular weight excluding hydrogens is 258 g/mol. The van der Waals surface area contributed by atoms with Crippen LogP contribution in [0.25, 0.3) is 11.3 Å². The summed E-state index contributed by atoms with van der Waals surface area (Å²) in [7, 11) is 0. The smallest absolute Gasteiger partial charge is 0.273 e. The molecule has 0 saturated carbocycles. The Kier molecular flexibility index (Phi) is 4.14. The molecule has 0 unspecified atom stereocenters. The highest BCUT2D eigenvalue weighted by Crippen LogP contribution is 2.27. The van der Waals surface area contributed by atoms with Gasteiger partial charge in [0.15, 0.2) is 5.76 Å². The first kappa shape index (κ1) is 14.2. The zero-order valence-corrected chi connectivity index (χ0v) is 11.7. The third kappa shape index (κ3) is 3.21. The molecule has 0 atom stereocenters. The molecule has 0 spiro atoms. The quantitative estimate of drug-likeness (QED) is 0.670. The topological polar surface area (TPSA) is 81.2 Å². The van der Waals surface area contributed by atoms with E-state index in [0.717, 1.165) is 0 Å². The number of nitrogens with zero attached hydrogens (tertiary/aromatic N) is 2. The van der Waals surface area contributed by atoms with Crippen molar-refractivity contribution >= 4 is 5.69 Å². The van der Waals surface area contributed by atoms with Crippen LogP contribution >= 0.6 is 0 Å². The van der Waals surface area contributed by atoms with E-state index in [1.165, 1.54) is 6.07 Å². The van der Waals surface area contributed by atoms with E-state index < -0.39 is 4.92 Å². The van der Waals surface area contributed by atoms with Gasteiger partial charge in [0.05, 0.1) is 17.7 Å². The summed E-state index contributed by atoms with van der Waals surface area (Å²) >= 11 is 0. The third-order valence-electron chi connectivity index (χ3n) is 2.91. The van der Waals surface area contributed by atoms with Gasteiger partial charge < -0.3 is 9.73 Å². The summed E-state index contributed by atoms with van der Waals surface area (Å²) in [6, 6.07) is 5.35. The Hall–Kier alpha value is -2.21. The number of aromatic nitrogens is 1. The molecule has 1 heterocycles. The fraction of sp³-hybridized carbons (Fsp3) is 0.357. The summed E-state index contributed by atoms with van der Waals surface area (Å²) < 4.78 is 5.60. The highest BCUT2D eigenvalue weighted by atomic mass is 16.6. The molecule has 1 N–H and O–H groups in total. The largest absolute Gasteiger partial charge is 0.439 e. The second-order valence-corrected chi connectivity index (χ2v) is 4.91. The Morgan fingerprint density at radius 3 is 2.85 bits per heavy atom. The van der Waals surface area contributed by atoms with Crippen molar-refractivity contribution in [2.24, 2.45) is 0 Å². The molecule has 0 aliphatic rings. The molecule has 0 saturated heterocycles. The number of benzene rings is 1. The Morgan fingerprint density at radius 2 is 2.20 bits per heavy atom. The van der Waals surface area contributed by atoms with Crippen LogP contribution in [-0.2, 0) is 6.54 Å². The number of hydrogen-bond acceptors (Lipinski definition) is 5. The lowest BCUT2D eigenvalue weighted by Crippen LogP contribution is -2.21. The maximum atomic E-state index is 10.9. The molecule has 2 rings (SSSR count). The van der Waals surface area contributed by atoms with E-state index >= 15 is 0 Å². The molecule has 0 fully saturated rings. The molecule has 6 nitrogen and oxygen atoms in total. The van der Waals surface area contributed by atoms with Gasteiger partial charge in [-0.1, -0.05) is 26.0 Å². The minimum Gasteiger partial charge on any atom is -0.439 e. The number of nitro groups is 1.